The first-order valence-corrected chi connectivity index (χ1v) is 7.63. The number of rotatable bonds is 4. The van der Waals surface area contributed by atoms with Crippen molar-refractivity contribution < 1.29 is 4.79 Å². The second kappa shape index (κ2) is 5.54. The third-order valence-corrected chi connectivity index (χ3v) is 5.03. The van der Waals surface area contributed by atoms with E-state index in [0.717, 1.165) is 28.8 Å². The van der Waals surface area contributed by atoms with Crippen LogP contribution in [0.5, 0.6) is 0 Å². The molecule has 102 valence electrons. The van der Waals surface area contributed by atoms with Crippen LogP contribution in [0.25, 0.3) is 0 Å². The number of hydrogen-bond donors (Lipinski definition) is 1. The zero-order chi connectivity index (χ0) is 13.2. The van der Waals surface area contributed by atoms with E-state index in [1.54, 1.807) is 0 Å². The highest BCUT2D eigenvalue weighted by Crippen LogP contribution is 2.44. The number of aryl methyl sites for hydroxylation is 1. The highest BCUT2D eigenvalue weighted by Gasteiger charge is 2.39. The standard InChI is InChI=1S/C16H20ClNO/c17-14-4-2-1-3-12(14)7-8-16(19)18-15-10-11-5-6-13(15)9-11/h1-4,11,13,15H,5-10H2,(H,18,19)/t11-,13+,15+/m0/s1. The molecule has 1 aromatic rings. The Balaban J connectivity index is 1.48. The molecule has 1 amide bonds. The Morgan fingerprint density at radius 1 is 1.26 bits per heavy atom. The van der Waals surface area contributed by atoms with Crippen molar-refractivity contribution in [2.24, 2.45) is 11.8 Å². The van der Waals surface area contributed by atoms with E-state index in [9.17, 15) is 4.79 Å². The number of nitrogens with one attached hydrogen (secondary N) is 1. The molecule has 2 aliphatic carbocycles. The molecule has 0 heterocycles. The van der Waals surface area contributed by atoms with Gasteiger partial charge in [0.25, 0.3) is 0 Å². The molecule has 3 rings (SSSR count). The van der Waals surface area contributed by atoms with Gasteiger partial charge in [-0.25, -0.2) is 0 Å². The molecule has 19 heavy (non-hydrogen) atoms. The van der Waals surface area contributed by atoms with Crippen molar-refractivity contribution in [3.05, 3.63) is 34.9 Å². The fourth-order valence-corrected chi connectivity index (χ4v) is 3.88. The first kappa shape index (κ1) is 13.0. The summed E-state index contributed by atoms with van der Waals surface area (Å²) < 4.78 is 0. The van der Waals surface area contributed by atoms with Crippen molar-refractivity contribution in [2.45, 2.75) is 44.6 Å². The summed E-state index contributed by atoms with van der Waals surface area (Å²) in [6.45, 7) is 0. The molecular weight excluding hydrogens is 258 g/mol. The zero-order valence-electron chi connectivity index (χ0n) is 11.1. The van der Waals surface area contributed by atoms with Crippen LogP contribution in [0.4, 0.5) is 0 Å². The van der Waals surface area contributed by atoms with Gasteiger partial charge in [0.05, 0.1) is 0 Å². The molecule has 0 aromatic heterocycles. The van der Waals surface area contributed by atoms with Crippen LogP contribution in [-0.4, -0.2) is 11.9 Å². The number of hydrogen-bond acceptors (Lipinski definition) is 1. The normalized spacial score (nSPS) is 28.6. The van der Waals surface area contributed by atoms with Crippen LogP contribution >= 0.6 is 11.6 Å². The molecule has 0 spiro atoms. The zero-order valence-corrected chi connectivity index (χ0v) is 11.8. The molecule has 3 heteroatoms. The predicted molar refractivity (Wildman–Crippen MR) is 77.2 cm³/mol. The van der Waals surface area contributed by atoms with E-state index < -0.39 is 0 Å². The molecule has 2 saturated carbocycles. The van der Waals surface area contributed by atoms with Gasteiger partial charge in [-0.3, -0.25) is 4.79 Å². The summed E-state index contributed by atoms with van der Waals surface area (Å²) in [6.07, 6.45) is 6.47. The van der Waals surface area contributed by atoms with Crippen LogP contribution in [0.1, 0.15) is 37.7 Å². The number of carbonyl (C=O) groups excluding carboxylic acids is 1. The van der Waals surface area contributed by atoms with E-state index >= 15 is 0 Å². The van der Waals surface area contributed by atoms with Gasteiger partial charge in [0.2, 0.25) is 5.91 Å². The molecule has 2 aliphatic rings. The maximum absolute atomic E-state index is 12.0. The second-order valence-corrected chi connectivity index (χ2v) is 6.35. The Morgan fingerprint density at radius 2 is 2.11 bits per heavy atom. The largest absolute Gasteiger partial charge is 0.353 e. The Kier molecular flexibility index (Phi) is 3.79. The second-order valence-electron chi connectivity index (χ2n) is 5.94. The van der Waals surface area contributed by atoms with Crippen molar-refractivity contribution in [1.82, 2.24) is 5.32 Å². The lowest BCUT2D eigenvalue weighted by Crippen LogP contribution is -2.38. The average molecular weight is 278 g/mol. The Labute approximate surface area is 119 Å². The molecule has 0 aliphatic heterocycles. The Morgan fingerprint density at radius 3 is 2.79 bits per heavy atom. The van der Waals surface area contributed by atoms with Crippen molar-refractivity contribution in [1.29, 1.82) is 0 Å². The van der Waals surface area contributed by atoms with Crippen molar-refractivity contribution >= 4 is 17.5 Å². The predicted octanol–water partition coefficient (Wildman–Crippen LogP) is 3.58. The minimum Gasteiger partial charge on any atom is -0.353 e. The van der Waals surface area contributed by atoms with Gasteiger partial charge in [0, 0.05) is 17.5 Å². The summed E-state index contributed by atoms with van der Waals surface area (Å²) >= 11 is 6.10. The van der Waals surface area contributed by atoms with Gasteiger partial charge < -0.3 is 5.32 Å². The minimum atomic E-state index is 0.178. The molecule has 2 bridgehead atoms. The molecular formula is C16H20ClNO. The third kappa shape index (κ3) is 2.94. The lowest BCUT2D eigenvalue weighted by molar-refractivity contribution is -0.122. The quantitative estimate of drug-likeness (QED) is 0.895. The van der Waals surface area contributed by atoms with Crippen LogP contribution in [0.3, 0.4) is 0 Å². The molecule has 2 nitrogen and oxygen atoms in total. The molecule has 0 unspecified atom stereocenters. The molecule has 3 atom stereocenters. The first-order valence-electron chi connectivity index (χ1n) is 7.25. The van der Waals surface area contributed by atoms with Gasteiger partial charge in [-0.15, -0.1) is 0 Å². The first-order chi connectivity index (χ1) is 9.22. The van der Waals surface area contributed by atoms with Crippen LogP contribution in [0, 0.1) is 11.8 Å². The lowest BCUT2D eigenvalue weighted by atomic mass is 9.95. The average Bonchev–Trinajstić information content (AvgIpc) is 3.00. The van der Waals surface area contributed by atoms with Crippen molar-refractivity contribution in [3.63, 3.8) is 0 Å². The minimum absolute atomic E-state index is 0.178. The van der Waals surface area contributed by atoms with Gasteiger partial charge in [0.1, 0.15) is 0 Å². The van der Waals surface area contributed by atoms with E-state index in [2.05, 4.69) is 5.32 Å². The van der Waals surface area contributed by atoms with E-state index in [0.29, 0.717) is 12.5 Å². The maximum atomic E-state index is 12.0. The Hall–Kier alpha value is -1.02. The molecule has 0 saturated heterocycles. The number of amides is 1. The SMILES string of the molecule is O=C(CCc1ccccc1Cl)N[C@@H]1C[C@H]2CC[C@@H]1C2. The van der Waals surface area contributed by atoms with Gasteiger partial charge in [-0.2, -0.15) is 0 Å². The number of carbonyl (C=O) groups is 1. The van der Waals surface area contributed by atoms with Gasteiger partial charge in [-0.1, -0.05) is 36.2 Å². The highest BCUT2D eigenvalue weighted by molar-refractivity contribution is 6.31. The van der Waals surface area contributed by atoms with E-state index in [4.69, 9.17) is 11.6 Å². The summed E-state index contributed by atoms with van der Waals surface area (Å²) in [6, 6.07) is 8.20. The molecule has 0 radical (unpaired) electrons. The summed E-state index contributed by atoms with van der Waals surface area (Å²) in [5.74, 6) is 1.80. The molecule has 1 N–H and O–H groups in total. The fraction of sp³-hybridized carbons (Fsp3) is 0.562. The number of benzene rings is 1. The van der Waals surface area contributed by atoms with Crippen molar-refractivity contribution in [3.8, 4) is 0 Å². The Bertz CT molecular complexity index is 474. The van der Waals surface area contributed by atoms with E-state index in [-0.39, 0.29) is 5.91 Å². The summed E-state index contributed by atoms with van der Waals surface area (Å²) in [5, 5.41) is 3.98. The molecule has 1 aromatic carbocycles. The topological polar surface area (TPSA) is 29.1 Å². The summed E-state index contributed by atoms with van der Waals surface area (Å²) in [7, 11) is 0. The van der Waals surface area contributed by atoms with Crippen LogP contribution in [0.15, 0.2) is 24.3 Å². The van der Waals surface area contributed by atoms with Crippen LogP contribution < -0.4 is 5.32 Å². The summed E-state index contributed by atoms with van der Waals surface area (Å²) in [4.78, 5) is 12.0. The summed E-state index contributed by atoms with van der Waals surface area (Å²) in [5.41, 5.74) is 1.06. The van der Waals surface area contributed by atoms with Crippen molar-refractivity contribution in [2.75, 3.05) is 0 Å². The van der Waals surface area contributed by atoms with Gasteiger partial charge in [0.15, 0.2) is 0 Å². The van der Waals surface area contributed by atoms with E-state index in [1.165, 1.54) is 25.7 Å². The van der Waals surface area contributed by atoms with E-state index in [1.807, 2.05) is 24.3 Å². The van der Waals surface area contributed by atoms with Gasteiger partial charge in [-0.05, 0) is 49.1 Å². The monoisotopic (exact) mass is 277 g/mol. The highest BCUT2D eigenvalue weighted by atomic mass is 35.5. The lowest BCUT2D eigenvalue weighted by Gasteiger charge is -2.22. The third-order valence-electron chi connectivity index (χ3n) is 4.66. The molecule has 2 fully saturated rings. The number of fused-ring (bicyclic) bond motifs is 2. The van der Waals surface area contributed by atoms with Gasteiger partial charge >= 0.3 is 0 Å². The fourth-order valence-electron chi connectivity index (χ4n) is 3.65. The maximum Gasteiger partial charge on any atom is 0.220 e. The van der Waals surface area contributed by atoms with Crippen LogP contribution in [-0.2, 0) is 11.2 Å². The van der Waals surface area contributed by atoms with Crippen LogP contribution in [0.2, 0.25) is 5.02 Å². The number of halogens is 1. The smallest absolute Gasteiger partial charge is 0.220 e.